The number of rotatable bonds is 7. The van der Waals surface area contributed by atoms with Gasteiger partial charge < -0.3 is 12.3 Å². The van der Waals surface area contributed by atoms with Crippen molar-refractivity contribution >= 4 is 25.7 Å². The van der Waals surface area contributed by atoms with E-state index < -0.39 is 25.7 Å². The highest BCUT2D eigenvalue weighted by Gasteiger charge is 2.66. The molecular formula is C15H34O3Si3. The van der Waals surface area contributed by atoms with Gasteiger partial charge in [-0.1, -0.05) is 48.0 Å². The second-order valence-corrected chi connectivity index (χ2v) is 18.7. The lowest BCUT2D eigenvalue weighted by atomic mass is 10.3. The molecule has 1 aliphatic heterocycles. The quantitative estimate of drug-likeness (QED) is 0.587. The van der Waals surface area contributed by atoms with Crippen LogP contribution in [0.1, 0.15) is 54.4 Å². The van der Waals surface area contributed by atoms with E-state index in [-0.39, 0.29) is 0 Å². The Hall–Kier alpha value is 0.531. The first-order chi connectivity index (χ1) is 9.98. The predicted octanol–water partition coefficient (Wildman–Crippen LogP) is 5.28. The van der Waals surface area contributed by atoms with Crippen LogP contribution in [0.15, 0.2) is 0 Å². The van der Waals surface area contributed by atoms with E-state index in [1.165, 1.54) is 12.8 Å². The van der Waals surface area contributed by atoms with Crippen molar-refractivity contribution in [2.75, 3.05) is 0 Å². The zero-order valence-electron chi connectivity index (χ0n) is 14.8. The topological polar surface area (TPSA) is 27.7 Å². The summed E-state index contributed by atoms with van der Waals surface area (Å²) in [6, 6.07) is 5.44. The highest BCUT2D eigenvalue weighted by Crippen LogP contribution is 2.58. The van der Waals surface area contributed by atoms with E-state index in [4.69, 9.17) is 12.3 Å². The van der Waals surface area contributed by atoms with E-state index in [1.807, 2.05) is 0 Å². The summed E-state index contributed by atoms with van der Waals surface area (Å²) < 4.78 is 20.5. The zero-order valence-corrected chi connectivity index (χ0v) is 17.8. The maximum absolute atomic E-state index is 6.89. The van der Waals surface area contributed by atoms with Gasteiger partial charge in [-0.3, -0.25) is 0 Å². The van der Waals surface area contributed by atoms with Gasteiger partial charge in [0.1, 0.15) is 0 Å². The fourth-order valence-corrected chi connectivity index (χ4v) is 23.4. The molecule has 1 saturated carbocycles. The fourth-order valence-electron chi connectivity index (χ4n) is 3.90. The Labute approximate surface area is 134 Å². The molecule has 2 unspecified atom stereocenters. The molecule has 6 heteroatoms. The van der Waals surface area contributed by atoms with Crippen LogP contribution in [0.4, 0.5) is 0 Å². The lowest BCUT2D eigenvalue weighted by Gasteiger charge is -2.53. The molecule has 2 atom stereocenters. The molecule has 0 bridgehead atoms. The van der Waals surface area contributed by atoms with Crippen molar-refractivity contribution in [2.24, 2.45) is 5.92 Å². The van der Waals surface area contributed by atoms with Crippen molar-refractivity contribution in [3.8, 4) is 0 Å². The lowest BCUT2D eigenvalue weighted by molar-refractivity contribution is 0.208. The Kier molecular flexibility index (Phi) is 5.59. The van der Waals surface area contributed by atoms with Crippen LogP contribution in [0.5, 0.6) is 0 Å². The van der Waals surface area contributed by atoms with E-state index >= 15 is 0 Å². The molecule has 0 radical (unpaired) electrons. The second kappa shape index (κ2) is 6.57. The van der Waals surface area contributed by atoms with Gasteiger partial charge in [0.2, 0.25) is 0 Å². The normalized spacial score (nSPS) is 32.9. The summed E-state index contributed by atoms with van der Waals surface area (Å²) >= 11 is 0. The van der Waals surface area contributed by atoms with Gasteiger partial charge in [0.25, 0.3) is 0 Å². The molecular weight excluding hydrogens is 312 g/mol. The third-order valence-electron chi connectivity index (χ3n) is 5.75. The van der Waals surface area contributed by atoms with E-state index in [0.717, 1.165) is 41.7 Å². The highest BCUT2D eigenvalue weighted by atomic mass is 28.5. The van der Waals surface area contributed by atoms with Crippen molar-refractivity contribution in [2.45, 2.75) is 90.1 Å². The molecule has 0 aromatic heterocycles. The van der Waals surface area contributed by atoms with Gasteiger partial charge in [-0.25, -0.2) is 0 Å². The third kappa shape index (κ3) is 3.12. The van der Waals surface area contributed by atoms with Crippen LogP contribution < -0.4 is 0 Å². The largest absolute Gasteiger partial charge is 0.415 e. The summed E-state index contributed by atoms with van der Waals surface area (Å²) in [4.78, 5) is 0. The molecule has 0 amide bonds. The van der Waals surface area contributed by atoms with Gasteiger partial charge in [-0.15, -0.1) is 0 Å². The van der Waals surface area contributed by atoms with Crippen LogP contribution in [0, 0.1) is 5.92 Å². The molecule has 1 aliphatic carbocycles. The Morgan fingerprint density at radius 3 is 1.48 bits per heavy atom. The van der Waals surface area contributed by atoms with Crippen LogP contribution in [0.2, 0.25) is 35.8 Å². The van der Waals surface area contributed by atoms with Gasteiger partial charge in [0.15, 0.2) is 0 Å². The van der Waals surface area contributed by atoms with E-state index in [9.17, 15) is 0 Å². The van der Waals surface area contributed by atoms with Crippen LogP contribution in [-0.2, 0) is 12.3 Å². The van der Waals surface area contributed by atoms with Crippen LogP contribution in [0.25, 0.3) is 0 Å². The minimum absolute atomic E-state index is 0.742. The third-order valence-corrected chi connectivity index (χ3v) is 21.6. The van der Waals surface area contributed by atoms with Crippen molar-refractivity contribution in [3.63, 3.8) is 0 Å². The van der Waals surface area contributed by atoms with Gasteiger partial charge in [-0.05, 0) is 42.6 Å². The Balaban J connectivity index is 2.35. The SMILES string of the molecule is CCC1CC1[Si]1(CC)O[Si](CC)(CC)O[Si](CC)(CC)O1. The minimum atomic E-state index is -2.06. The molecule has 0 aromatic rings. The standard InChI is InChI=1S/C15H34O3Si3/c1-7-14-13-15(14)21(12-6)17-19(8-2,9-3)16-20(10-4,11-5)18-21/h14-15H,7-13H2,1-6H3. The van der Waals surface area contributed by atoms with Crippen LogP contribution in [-0.4, -0.2) is 25.7 Å². The Morgan fingerprint density at radius 2 is 1.19 bits per heavy atom. The molecule has 0 aromatic carbocycles. The summed E-state index contributed by atoms with van der Waals surface area (Å²) in [5.41, 5.74) is 0.742. The highest BCUT2D eigenvalue weighted by molar-refractivity contribution is 6.95. The zero-order chi connectivity index (χ0) is 15.7. The summed E-state index contributed by atoms with van der Waals surface area (Å²) in [5.74, 6) is 0.857. The molecule has 1 saturated heterocycles. The Morgan fingerprint density at radius 1 is 0.714 bits per heavy atom. The molecule has 2 fully saturated rings. The first kappa shape index (κ1) is 17.9. The van der Waals surface area contributed by atoms with Gasteiger partial charge in [0.05, 0.1) is 0 Å². The smallest absolute Gasteiger partial charge is 0.323 e. The number of hydrogen-bond donors (Lipinski definition) is 0. The molecule has 3 nitrogen and oxygen atoms in total. The maximum atomic E-state index is 6.89. The average Bonchev–Trinajstić information content (AvgIpc) is 3.34. The molecule has 1 heterocycles. The monoisotopic (exact) mass is 346 g/mol. The maximum Gasteiger partial charge on any atom is 0.323 e. The summed E-state index contributed by atoms with van der Waals surface area (Å²) in [6.45, 7) is 13.7. The molecule has 2 rings (SSSR count). The summed E-state index contributed by atoms with van der Waals surface area (Å²) in [6.07, 6.45) is 2.62. The van der Waals surface area contributed by atoms with Crippen molar-refractivity contribution in [3.05, 3.63) is 0 Å². The molecule has 124 valence electrons. The van der Waals surface area contributed by atoms with Gasteiger partial charge in [0, 0.05) is 5.54 Å². The minimum Gasteiger partial charge on any atom is -0.415 e. The van der Waals surface area contributed by atoms with E-state index in [0.29, 0.717) is 0 Å². The van der Waals surface area contributed by atoms with E-state index in [2.05, 4.69) is 41.5 Å². The molecule has 0 spiro atoms. The van der Waals surface area contributed by atoms with Crippen LogP contribution >= 0.6 is 0 Å². The van der Waals surface area contributed by atoms with E-state index in [1.54, 1.807) is 0 Å². The summed E-state index contributed by atoms with van der Waals surface area (Å²) in [7, 11) is -6.13. The second-order valence-electron chi connectivity index (χ2n) is 6.72. The Bertz CT molecular complexity index is 336. The molecule has 0 N–H and O–H groups in total. The van der Waals surface area contributed by atoms with Gasteiger partial charge in [-0.2, -0.15) is 0 Å². The fraction of sp³-hybridized carbons (Fsp3) is 1.00. The van der Waals surface area contributed by atoms with Crippen molar-refractivity contribution in [1.29, 1.82) is 0 Å². The van der Waals surface area contributed by atoms with Crippen LogP contribution in [0.3, 0.4) is 0 Å². The first-order valence-corrected chi connectivity index (χ1v) is 15.6. The van der Waals surface area contributed by atoms with Gasteiger partial charge >= 0.3 is 25.7 Å². The number of hydrogen-bond acceptors (Lipinski definition) is 3. The molecule has 21 heavy (non-hydrogen) atoms. The first-order valence-electron chi connectivity index (χ1n) is 9.08. The predicted molar refractivity (Wildman–Crippen MR) is 95.1 cm³/mol. The lowest BCUT2D eigenvalue weighted by Crippen LogP contribution is -2.69. The van der Waals surface area contributed by atoms with Crippen molar-refractivity contribution < 1.29 is 12.3 Å². The van der Waals surface area contributed by atoms with Crippen molar-refractivity contribution in [1.82, 2.24) is 0 Å². The molecule has 2 aliphatic rings. The summed E-state index contributed by atoms with van der Waals surface area (Å²) in [5, 5.41) is 0. The average molecular weight is 347 g/mol.